The van der Waals surface area contributed by atoms with Crippen LogP contribution in [0.15, 0.2) is 0 Å². The number of rotatable bonds is 2. The Labute approximate surface area is 98.8 Å². The van der Waals surface area contributed by atoms with Crippen molar-refractivity contribution in [3.8, 4) is 0 Å². The maximum absolute atomic E-state index is 11.4. The fourth-order valence-electron chi connectivity index (χ4n) is 4.45. The Morgan fingerprint density at radius 1 is 1.18 bits per heavy atom. The standard InChI is InChI=1S/C11H16N2O4/c14-10(12-13(15)16)17-11-4-7-1-8(5-11)3-9(2-7)6-11/h7-9H,1-6H2,(H,12,14). The van der Waals surface area contributed by atoms with Crippen LogP contribution in [0.1, 0.15) is 38.5 Å². The highest BCUT2D eigenvalue weighted by molar-refractivity contribution is 5.66. The van der Waals surface area contributed by atoms with E-state index >= 15 is 0 Å². The minimum absolute atomic E-state index is 0.408. The fraction of sp³-hybridized carbons (Fsp3) is 0.909. The van der Waals surface area contributed by atoms with Crippen molar-refractivity contribution in [2.75, 3.05) is 0 Å². The van der Waals surface area contributed by atoms with Gasteiger partial charge in [0.05, 0.1) is 0 Å². The summed E-state index contributed by atoms with van der Waals surface area (Å²) in [5.74, 6) is 1.97. The first-order valence-electron chi connectivity index (χ1n) is 6.19. The highest BCUT2D eigenvalue weighted by Crippen LogP contribution is 2.57. The summed E-state index contributed by atoms with van der Waals surface area (Å²) in [6, 6.07) is 0. The molecule has 0 atom stereocenters. The molecule has 0 aromatic carbocycles. The number of carbonyl (C=O) groups excluding carboxylic acids is 1. The third-order valence-electron chi connectivity index (χ3n) is 4.47. The molecule has 4 rings (SSSR count). The molecule has 0 radical (unpaired) electrons. The molecule has 0 heterocycles. The van der Waals surface area contributed by atoms with Gasteiger partial charge in [-0.15, -0.1) is 0 Å². The smallest absolute Gasteiger partial charge is 0.439 e. The third kappa shape index (κ3) is 1.96. The summed E-state index contributed by atoms with van der Waals surface area (Å²) in [6.45, 7) is 0. The first kappa shape index (κ1) is 10.8. The van der Waals surface area contributed by atoms with Crippen molar-refractivity contribution in [1.82, 2.24) is 5.43 Å². The van der Waals surface area contributed by atoms with E-state index in [4.69, 9.17) is 4.74 Å². The molecule has 4 aliphatic carbocycles. The molecule has 4 bridgehead atoms. The summed E-state index contributed by atoms with van der Waals surface area (Å²) in [7, 11) is 0. The van der Waals surface area contributed by atoms with E-state index in [0.29, 0.717) is 17.8 Å². The summed E-state index contributed by atoms with van der Waals surface area (Å²) in [5.41, 5.74) is 1.17. The first-order chi connectivity index (χ1) is 8.05. The van der Waals surface area contributed by atoms with Crippen LogP contribution in [0.25, 0.3) is 0 Å². The Morgan fingerprint density at radius 2 is 1.65 bits per heavy atom. The van der Waals surface area contributed by atoms with Gasteiger partial charge in [-0.2, -0.15) is 0 Å². The molecule has 0 aliphatic heterocycles. The second-order valence-corrected chi connectivity index (χ2v) is 5.86. The molecular weight excluding hydrogens is 224 g/mol. The van der Waals surface area contributed by atoms with E-state index in [9.17, 15) is 14.9 Å². The summed E-state index contributed by atoms with van der Waals surface area (Å²) in [5, 5.41) is 9.33. The quantitative estimate of drug-likeness (QED) is 0.590. The number of hydrazine groups is 1. The molecule has 1 N–H and O–H groups in total. The molecule has 0 unspecified atom stereocenters. The second-order valence-electron chi connectivity index (χ2n) is 5.86. The van der Waals surface area contributed by atoms with Crippen LogP contribution >= 0.6 is 0 Å². The van der Waals surface area contributed by atoms with Gasteiger partial charge < -0.3 is 4.74 Å². The van der Waals surface area contributed by atoms with E-state index in [2.05, 4.69) is 0 Å². The van der Waals surface area contributed by atoms with E-state index in [0.717, 1.165) is 19.3 Å². The Balaban J connectivity index is 1.70. The van der Waals surface area contributed by atoms with Crippen molar-refractivity contribution in [2.24, 2.45) is 17.8 Å². The highest BCUT2D eigenvalue weighted by atomic mass is 16.7. The Kier molecular flexibility index (Phi) is 2.27. The molecule has 0 saturated heterocycles. The van der Waals surface area contributed by atoms with Crippen molar-refractivity contribution in [2.45, 2.75) is 44.1 Å². The van der Waals surface area contributed by atoms with Crippen molar-refractivity contribution >= 4 is 6.09 Å². The largest absolute Gasteiger partial charge is 0.466 e. The summed E-state index contributed by atoms with van der Waals surface area (Å²) < 4.78 is 5.37. The lowest BCUT2D eigenvalue weighted by Crippen LogP contribution is -2.54. The first-order valence-corrected chi connectivity index (χ1v) is 6.19. The lowest BCUT2D eigenvalue weighted by Gasteiger charge is -2.55. The van der Waals surface area contributed by atoms with Crippen LogP contribution in [0.3, 0.4) is 0 Å². The molecule has 6 heteroatoms. The Bertz CT molecular complexity index is 333. The molecule has 4 fully saturated rings. The second kappa shape index (κ2) is 3.58. The van der Waals surface area contributed by atoms with E-state index < -0.39 is 16.7 Å². The number of ether oxygens (including phenoxy) is 1. The lowest BCUT2D eigenvalue weighted by atomic mass is 9.54. The molecule has 0 spiro atoms. The number of nitrogens with zero attached hydrogens (tertiary/aromatic N) is 1. The van der Waals surface area contributed by atoms with Gasteiger partial charge in [-0.05, 0) is 61.7 Å². The minimum atomic E-state index is -0.906. The average Bonchev–Trinajstić information content (AvgIpc) is 2.11. The van der Waals surface area contributed by atoms with Crippen LogP contribution in [-0.4, -0.2) is 16.7 Å². The molecular formula is C11H16N2O4. The van der Waals surface area contributed by atoms with Crippen molar-refractivity contribution in [3.05, 3.63) is 10.1 Å². The van der Waals surface area contributed by atoms with Gasteiger partial charge in [-0.1, -0.05) is 0 Å². The fourth-order valence-corrected chi connectivity index (χ4v) is 4.45. The SMILES string of the molecule is O=C(N[N+](=O)[O-])OC12CC3CC(CC(C3)C1)C2. The van der Waals surface area contributed by atoms with Gasteiger partial charge in [-0.3, -0.25) is 0 Å². The zero-order valence-corrected chi connectivity index (χ0v) is 9.55. The normalized spacial score (nSPS) is 42.2. The van der Waals surface area contributed by atoms with Crippen LogP contribution < -0.4 is 5.43 Å². The van der Waals surface area contributed by atoms with E-state index in [1.165, 1.54) is 19.3 Å². The molecule has 1 amide bonds. The zero-order valence-electron chi connectivity index (χ0n) is 9.55. The Morgan fingerprint density at radius 3 is 2.06 bits per heavy atom. The molecule has 4 saturated carbocycles. The van der Waals surface area contributed by atoms with Crippen molar-refractivity contribution in [1.29, 1.82) is 0 Å². The van der Waals surface area contributed by atoms with Gasteiger partial charge in [0.15, 0.2) is 5.03 Å². The van der Waals surface area contributed by atoms with Gasteiger partial charge in [0, 0.05) is 0 Å². The van der Waals surface area contributed by atoms with E-state index in [1.54, 1.807) is 5.43 Å². The van der Waals surface area contributed by atoms with Crippen LogP contribution in [0.5, 0.6) is 0 Å². The summed E-state index contributed by atoms with van der Waals surface area (Å²) >= 11 is 0. The molecule has 0 aromatic heterocycles. The molecule has 6 nitrogen and oxygen atoms in total. The zero-order chi connectivity index (χ0) is 12.0. The van der Waals surface area contributed by atoms with Crippen LogP contribution in [0.2, 0.25) is 0 Å². The van der Waals surface area contributed by atoms with Crippen LogP contribution in [0.4, 0.5) is 4.79 Å². The maximum atomic E-state index is 11.4. The van der Waals surface area contributed by atoms with Crippen molar-refractivity contribution in [3.63, 3.8) is 0 Å². The minimum Gasteiger partial charge on any atom is -0.439 e. The van der Waals surface area contributed by atoms with E-state index in [1.807, 2.05) is 0 Å². The number of nitrogens with one attached hydrogen (secondary N) is 1. The van der Waals surface area contributed by atoms with E-state index in [-0.39, 0.29) is 0 Å². The number of carbonyl (C=O) groups is 1. The third-order valence-corrected chi connectivity index (χ3v) is 4.47. The molecule has 0 aromatic rings. The van der Waals surface area contributed by atoms with Crippen LogP contribution in [0, 0.1) is 27.9 Å². The van der Waals surface area contributed by atoms with Gasteiger partial charge in [0.2, 0.25) is 0 Å². The van der Waals surface area contributed by atoms with Crippen LogP contribution in [-0.2, 0) is 4.74 Å². The number of hydrogen-bond donors (Lipinski definition) is 1. The Hall–Kier alpha value is -1.33. The monoisotopic (exact) mass is 240 g/mol. The maximum Gasteiger partial charge on any atom is 0.466 e. The molecule has 94 valence electrons. The van der Waals surface area contributed by atoms with Gasteiger partial charge in [0.1, 0.15) is 5.60 Å². The summed E-state index contributed by atoms with van der Waals surface area (Å²) in [4.78, 5) is 21.6. The molecule has 17 heavy (non-hydrogen) atoms. The topological polar surface area (TPSA) is 81.5 Å². The predicted octanol–water partition coefficient (Wildman–Crippen LogP) is 1.87. The summed E-state index contributed by atoms with van der Waals surface area (Å²) in [6.07, 6.45) is 5.52. The van der Waals surface area contributed by atoms with Crippen molar-refractivity contribution < 1.29 is 14.6 Å². The predicted molar refractivity (Wildman–Crippen MR) is 57.5 cm³/mol. The lowest BCUT2D eigenvalue weighted by molar-refractivity contribution is -0.530. The average molecular weight is 240 g/mol. The van der Waals surface area contributed by atoms with Gasteiger partial charge >= 0.3 is 6.09 Å². The highest BCUT2D eigenvalue weighted by Gasteiger charge is 2.53. The number of hydrogen-bond acceptors (Lipinski definition) is 4. The molecule has 4 aliphatic rings. The van der Waals surface area contributed by atoms with Gasteiger partial charge in [0.25, 0.3) is 0 Å². The number of amides is 1. The van der Waals surface area contributed by atoms with Gasteiger partial charge in [-0.25, -0.2) is 14.9 Å². The number of nitro groups is 1.